The second-order valence-corrected chi connectivity index (χ2v) is 7.60. The van der Waals surface area contributed by atoms with Crippen molar-refractivity contribution in [3.8, 4) is 0 Å². The van der Waals surface area contributed by atoms with Crippen molar-refractivity contribution in [1.29, 1.82) is 0 Å². The van der Waals surface area contributed by atoms with E-state index >= 15 is 0 Å². The second-order valence-electron chi connectivity index (χ2n) is 7.60. The second kappa shape index (κ2) is 6.40. The molecule has 0 bridgehead atoms. The van der Waals surface area contributed by atoms with Crippen LogP contribution in [0.25, 0.3) is 0 Å². The van der Waals surface area contributed by atoms with Crippen molar-refractivity contribution in [2.75, 3.05) is 26.2 Å². The van der Waals surface area contributed by atoms with E-state index in [0.717, 1.165) is 32.2 Å². The summed E-state index contributed by atoms with van der Waals surface area (Å²) < 4.78 is 0. The van der Waals surface area contributed by atoms with E-state index in [-0.39, 0.29) is 30.3 Å². The Labute approximate surface area is 138 Å². The zero-order valence-electron chi connectivity index (χ0n) is 14.3. The van der Waals surface area contributed by atoms with Gasteiger partial charge >= 0.3 is 0 Å². The third-order valence-corrected chi connectivity index (χ3v) is 5.77. The minimum atomic E-state index is -0.438. The van der Waals surface area contributed by atoms with E-state index in [0.29, 0.717) is 25.6 Å². The predicted molar refractivity (Wildman–Crippen MR) is 86.7 cm³/mol. The number of piperazine rings is 1. The average Bonchev–Trinajstić information content (AvgIpc) is 3.28. The number of aliphatic hydroxyl groups is 1. The molecule has 1 unspecified atom stereocenters. The quantitative estimate of drug-likeness (QED) is 0.783. The van der Waals surface area contributed by atoms with Crippen LogP contribution in [0.5, 0.6) is 0 Å². The van der Waals surface area contributed by atoms with Gasteiger partial charge in [0.2, 0.25) is 11.8 Å². The molecule has 0 spiro atoms. The van der Waals surface area contributed by atoms with Crippen LogP contribution in [0.1, 0.15) is 46.0 Å². The molecule has 6 nitrogen and oxygen atoms in total. The van der Waals surface area contributed by atoms with Gasteiger partial charge in [0.15, 0.2) is 0 Å². The highest BCUT2D eigenvalue weighted by Gasteiger charge is 2.48. The van der Waals surface area contributed by atoms with Crippen LogP contribution in [0.4, 0.5) is 0 Å². The van der Waals surface area contributed by atoms with Crippen LogP contribution < -0.4 is 5.32 Å². The van der Waals surface area contributed by atoms with E-state index in [2.05, 4.69) is 24.1 Å². The van der Waals surface area contributed by atoms with Crippen molar-refractivity contribution < 1.29 is 14.7 Å². The fourth-order valence-corrected chi connectivity index (χ4v) is 4.06. The molecule has 1 aliphatic carbocycles. The first-order valence-corrected chi connectivity index (χ1v) is 8.94. The molecule has 2 amide bonds. The molecule has 2 aliphatic heterocycles. The van der Waals surface area contributed by atoms with E-state index < -0.39 is 5.60 Å². The maximum absolute atomic E-state index is 12.6. The van der Waals surface area contributed by atoms with Crippen molar-refractivity contribution in [2.45, 2.75) is 63.6 Å². The Morgan fingerprint density at radius 3 is 2.52 bits per heavy atom. The molecule has 0 aromatic rings. The van der Waals surface area contributed by atoms with Gasteiger partial charge in [-0.05, 0) is 45.4 Å². The molecule has 3 rings (SSSR count). The average molecular weight is 323 g/mol. The van der Waals surface area contributed by atoms with Gasteiger partial charge in [-0.2, -0.15) is 0 Å². The molecule has 2 saturated heterocycles. The maximum atomic E-state index is 12.6. The normalized spacial score (nSPS) is 28.8. The molecule has 1 atom stereocenters. The lowest BCUT2D eigenvalue weighted by Crippen LogP contribution is -2.58. The molecule has 130 valence electrons. The molecule has 3 fully saturated rings. The molecular weight excluding hydrogens is 294 g/mol. The van der Waals surface area contributed by atoms with Gasteiger partial charge in [0.05, 0.1) is 18.1 Å². The summed E-state index contributed by atoms with van der Waals surface area (Å²) in [5.41, 5.74) is -0.438. The summed E-state index contributed by atoms with van der Waals surface area (Å²) in [6.45, 7) is 7.02. The summed E-state index contributed by atoms with van der Waals surface area (Å²) >= 11 is 0. The van der Waals surface area contributed by atoms with Crippen LogP contribution in [0.15, 0.2) is 0 Å². The SMILES string of the molecule is CC(C)N1CCNC(=O)C1CC(=O)N1CCC(C2(O)CC2)CC1. The molecule has 0 radical (unpaired) electrons. The van der Waals surface area contributed by atoms with Gasteiger partial charge in [0.1, 0.15) is 0 Å². The lowest BCUT2D eigenvalue weighted by molar-refractivity contribution is -0.140. The minimum absolute atomic E-state index is 0.0273. The van der Waals surface area contributed by atoms with Gasteiger partial charge < -0.3 is 15.3 Å². The molecule has 3 aliphatic rings. The highest BCUT2D eigenvalue weighted by Crippen LogP contribution is 2.46. The number of nitrogens with one attached hydrogen (secondary N) is 1. The topological polar surface area (TPSA) is 72.9 Å². The van der Waals surface area contributed by atoms with Crippen molar-refractivity contribution in [3.05, 3.63) is 0 Å². The van der Waals surface area contributed by atoms with Crippen molar-refractivity contribution in [1.82, 2.24) is 15.1 Å². The number of rotatable bonds is 4. The van der Waals surface area contributed by atoms with E-state index in [1.54, 1.807) is 0 Å². The van der Waals surface area contributed by atoms with Crippen LogP contribution in [0.2, 0.25) is 0 Å². The Balaban J connectivity index is 1.55. The molecule has 1 saturated carbocycles. The van der Waals surface area contributed by atoms with Gasteiger partial charge in [0, 0.05) is 32.2 Å². The Bertz CT molecular complexity index is 468. The number of carbonyl (C=O) groups excluding carboxylic acids is 2. The number of carbonyl (C=O) groups is 2. The first kappa shape index (κ1) is 16.7. The van der Waals surface area contributed by atoms with Crippen LogP contribution in [0, 0.1) is 5.92 Å². The predicted octanol–water partition coefficient (Wildman–Crippen LogP) is 0.349. The minimum Gasteiger partial charge on any atom is -0.390 e. The highest BCUT2D eigenvalue weighted by molar-refractivity contribution is 5.88. The fraction of sp³-hybridized carbons (Fsp3) is 0.882. The first-order chi connectivity index (χ1) is 10.9. The molecule has 0 aromatic carbocycles. The molecule has 6 heteroatoms. The Hall–Kier alpha value is -1.14. The van der Waals surface area contributed by atoms with Crippen LogP contribution in [-0.2, 0) is 9.59 Å². The summed E-state index contributed by atoms with van der Waals surface area (Å²) in [4.78, 5) is 28.8. The van der Waals surface area contributed by atoms with Crippen LogP contribution in [-0.4, -0.2) is 70.6 Å². The third-order valence-electron chi connectivity index (χ3n) is 5.77. The van der Waals surface area contributed by atoms with Crippen LogP contribution >= 0.6 is 0 Å². The maximum Gasteiger partial charge on any atom is 0.237 e. The molecular formula is C17H29N3O3. The monoisotopic (exact) mass is 323 g/mol. The number of hydrogen-bond acceptors (Lipinski definition) is 4. The molecule has 2 N–H and O–H groups in total. The van der Waals surface area contributed by atoms with Gasteiger partial charge in [-0.15, -0.1) is 0 Å². The van der Waals surface area contributed by atoms with Gasteiger partial charge in [-0.3, -0.25) is 14.5 Å². The van der Waals surface area contributed by atoms with Gasteiger partial charge in [-0.1, -0.05) is 0 Å². The van der Waals surface area contributed by atoms with Crippen molar-refractivity contribution in [3.63, 3.8) is 0 Å². The smallest absolute Gasteiger partial charge is 0.237 e. The number of nitrogens with zero attached hydrogens (tertiary/aromatic N) is 2. The van der Waals surface area contributed by atoms with E-state index in [9.17, 15) is 14.7 Å². The molecule has 23 heavy (non-hydrogen) atoms. The third kappa shape index (κ3) is 3.53. The highest BCUT2D eigenvalue weighted by atomic mass is 16.3. The Morgan fingerprint density at radius 1 is 1.30 bits per heavy atom. The summed E-state index contributed by atoms with van der Waals surface area (Å²) in [7, 11) is 0. The summed E-state index contributed by atoms with van der Waals surface area (Å²) in [6, 6.07) is -0.0877. The van der Waals surface area contributed by atoms with Crippen LogP contribution in [0.3, 0.4) is 0 Å². The summed E-state index contributed by atoms with van der Waals surface area (Å²) in [6.07, 6.45) is 3.85. The van der Waals surface area contributed by atoms with E-state index in [1.807, 2.05) is 4.90 Å². The number of likely N-dealkylation sites (tertiary alicyclic amines) is 1. The first-order valence-electron chi connectivity index (χ1n) is 8.94. The summed E-state index contributed by atoms with van der Waals surface area (Å²) in [5.74, 6) is 0.385. The summed E-state index contributed by atoms with van der Waals surface area (Å²) in [5, 5.41) is 13.1. The largest absolute Gasteiger partial charge is 0.390 e. The Morgan fingerprint density at radius 2 is 1.96 bits per heavy atom. The lowest BCUT2D eigenvalue weighted by atomic mass is 9.89. The lowest BCUT2D eigenvalue weighted by Gasteiger charge is -2.39. The molecule has 2 heterocycles. The zero-order valence-corrected chi connectivity index (χ0v) is 14.3. The number of piperidine rings is 1. The number of amides is 2. The van der Waals surface area contributed by atoms with Gasteiger partial charge in [-0.25, -0.2) is 0 Å². The fourth-order valence-electron chi connectivity index (χ4n) is 4.06. The van der Waals surface area contributed by atoms with Gasteiger partial charge in [0.25, 0.3) is 0 Å². The standard InChI is InChI=1S/C17H29N3O3/c1-12(2)20-10-7-18-16(22)14(20)11-15(21)19-8-3-13(4-9-19)17(23)5-6-17/h12-14,23H,3-11H2,1-2H3,(H,18,22). The van der Waals surface area contributed by atoms with Crippen molar-refractivity contribution >= 4 is 11.8 Å². The van der Waals surface area contributed by atoms with E-state index in [1.165, 1.54) is 0 Å². The van der Waals surface area contributed by atoms with Crippen molar-refractivity contribution in [2.24, 2.45) is 5.92 Å². The zero-order chi connectivity index (χ0) is 16.6. The van der Waals surface area contributed by atoms with E-state index in [4.69, 9.17) is 0 Å². The number of hydrogen-bond donors (Lipinski definition) is 2. The Kier molecular flexibility index (Phi) is 4.65. The molecule has 0 aromatic heterocycles.